The molecule has 0 saturated heterocycles. The second-order valence-electron chi connectivity index (χ2n) is 2.93. The summed E-state index contributed by atoms with van der Waals surface area (Å²) >= 11 is 5.52. The van der Waals surface area contributed by atoms with E-state index in [2.05, 4.69) is 5.32 Å². The third kappa shape index (κ3) is 3.23. The molecule has 0 radical (unpaired) electrons. The van der Waals surface area contributed by atoms with Gasteiger partial charge in [-0.2, -0.15) is 0 Å². The maximum atomic E-state index is 12.8. The molecule has 3 heteroatoms. The topological polar surface area (TPSA) is 12.0 Å². The van der Waals surface area contributed by atoms with Gasteiger partial charge in [0, 0.05) is 18.1 Å². The van der Waals surface area contributed by atoms with Crippen LogP contribution in [0.2, 0.25) is 0 Å². The Labute approximate surface area is 82.9 Å². The summed E-state index contributed by atoms with van der Waals surface area (Å²) in [5, 5.41) is 3.16. The molecule has 1 aromatic carbocycles. The third-order valence-corrected chi connectivity index (χ3v) is 2.06. The van der Waals surface area contributed by atoms with Crippen molar-refractivity contribution in [3.8, 4) is 0 Å². The average molecular weight is 202 g/mol. The quantitative estimate of drug-likeness (QED) is 0.583. The largest absolute Gasteiger partial charge is 0.385 e. The Kier molecular flexibility index (Phi) is 4.03. The molecule has 13 heavy (non-hydrogen) atoms. The number of nitrogens with one attached hydrogen (secondary N) is 1. The standard InChI is InChI=1S/C10H13ClFN/c1-8-7-9(3-4-10(8)12)13-6-2-5-11/h3-4,7,13H,2,5-6H2,1H3. The Morgan fingerprint density at radius 1 is 1.46 bits per heavy atom. The zero-order chi connectivity index (χ0) is 9.68. The lowest BCUT2D eigenvalue weighted by Gasteiger charge is -2.05. The molecule has 0 fully saturated rings. The second-order valence-corrected chi connectivity index (χ2v) is 3.31. The van der Waals surface area contributed by atoms with Gasteiger partial charge in [-0.15, -0.1) is 11.6 Å². The summed E-state index contributed by atoms with van der Waals surface area (Å²) in [5.41, 5.74) is 1.61. The Morgan fingerprint density at radius 2 is 2.23 bits per heavy atom. The van der Waals surface area contributed by atoms with Crippen molar-refractivity contribution >= 4 is 17.3 Å². The van der Waals surface area contributed by atoms with E-state index >= 15 is 0 Å². The Bertz CT molecular complexity index is 276. The van der Waals surface area contributed by atoms with Crippen molar-refractivity contribution in [1.29, 1.82) is 0 Å². The van der Waals surface area contributed by atoms with Gasteiger partial charge in [-0.25, -0.2) is 4.39 Å². The Hall–Kier alpha value is -0.760. The fraction of sp³-hybridized carbons (Fsp3) is 0.400. The highest BCUT2D eigenvalue weighted by atomic mass is 35.5. The first-order valence-corrected chi connectivity index (χ1v) is 4.83. The van der Waals surface area contributed by atoms with Crippen LogP contribution in [0, 0.1) is 12.7 Å². The van der Waals surface area contributed by atoms with Crippen LogP contribution in [0.1, 0.15) is 12.0 Å². The lowest BCUT2D eigenvalue weighted by molar-refractivity contribution is 0.618. The number of hydrogen-bond donors (Lipinski definition) is 1. The van der Waals surface area contributed by atoms with E-state index in [9.17, 15) is 4.39 Å². The SMILES string of the molecule is Cc1cc(NCCCCl)ccc1F. The minimum absolute atomic E-state index is 0.164. The maximum Gasteiger partial charge on any atom is 0.126 e. The van der Waals surface area contributed by atoms with E-state index in [-0.39, 0.29) is 5.82 Å². The van der Waals surface area contributed by atoms with Gasteiger partial charge in [-0.1, -0.05) is 0 Å². The predicted octanol–water partition coefficient (Wildman–Crippen LogP) is 3.17. The van der Waals surface area contributed by atoms with Gasteiger partial charge in [0.2, 0.25) is 0 Å². The number of alkyl halides is 1. The van der Waals surface area contributed by atoms with Crippen LogP contribution < -0.4 is 5.32 Å². The molecule has 1 nitrogen and oxygen atoms in total. The minimum Gasteiger partial charge on any atom is -0.385 e. The van der Waals surface area contributed by atoms with Crippen LogP contribution in [0.25, 0.3) is 0 Å². The highest BCUT2D eigenvalue weighted by molar-refractivity contribution is 6.17. The molecule has 1 N–H and O–H groups in total. The van der Waals surface area contributed by atoms with E-state index in [0.29, 0.717) is 11.4 Å². The minimum atomic E-state index is -0.164. The fourth-order valence-electron chi connectivity index (χ4n) is 1.05. The van der Waals surface area contributed by atoms with Crippen LogP contribution in [0.4, 0.5) is 10.1 Å². The van der Waals surface area contributed by atoms with E-state index in [1.807, 2.05) is 0 Å². The summed E-state index contributed by atoms with van der Waals surface area (Å²) in [6.07, 6.45) is 0.915. The first kappa shape index (κ1) is 10.3. The number of halogens is 2. The molecule has 1 rings (SSSR count). The molecule has 1 aromatic rings. The van der Waals surface area contributed by atoms with Crippen LogP contribution in [-0.4, -0.2) is 12.4 Å². The number of anilines is 1. The summed E-state index contributed by atoms with van der Waals surface area (Å²) in [6, 6.07) is 5.00. The number of rotatable bonds is 4. The van der Waals surface area contributed by atoms with Crippen molar-refractivity contribution in [1.82, 2.24) is 0 Å². The molecule has 0 aromatic heterocycles. The predicted molar refractivity (Wildman–Crippen MR) is 55.0 cm³/mol. The lowest BCUT2D eigenvalue weighted by atomic mass is 10.2. The molecule has 0 spiro atoms. The maximum absolute atomic E-state index is 12.8. The van der Waals surface area contributed by atoms with Crippen molar-refractivity contribution < 1.29 is 4.39 Å². The summed E-state index contributed by atoms with van der Waals surface area (Å²) in [6.45, 7) is 2.58. The average Bonchev–Trinajstić information content (AvgIpc) is 2.12. The number of benzene rings is 1. The zero-order valence-corrected chi connectivity index (χ0v) is 8.37. The van der Waals surface area contributed by atoms with Gasteiger partial charge >= 0.3 is 0 Å². The molecule has 0 atom stereocenters. The van der Waals surface area contributed by atoms with Gasteiger partial charge in [0.05, 0.1) is 0 Å². The first-order valence-electron chi connectivity index (χ1n) is 4.30. The highest BCUT2D eigenvalue weighted by Gasteiger charge is 1.97. The molecule has 0 bridgehead atoms. The molecular weight excluding hydrogens is 189 g/mol. The molecule has 0 unspecified atom stereocenters. The Balaban J connectivity index is 2.53. The van der Waals surface area contributed by atoms with Crippen molar-refractivity contribution in [2.24, 2.45) is 0 Å². The molecule has 0 heterocycles. The summed E-state index contributed by atoms with van der Waals surface area (Å²) in [4.78, 5) is 0. The molecule has 0 aliphatic rings. The van der Waals surface area contributed by atoms with E-state index in [4.69, 9.17) is 11.6 Å². The van der Waals surface area contributed by atoms with Crippen LogP contribution in [0.15, 0.2) is 18.2 Å². The van der Waals surface area contributed by atoms with Crippen molar-refractivity contribution in [3.63, 3.8) is 0 Å². The highest BCUT2D eigenvalue weighted by Crippen LogP contribution is 2.13. The molecule has 0 aliphatic carbocycles. The van der Waals surface area contributed by atoms with Gasteiger partial charge in [-0.3, -0.25) is 0 Å². The summed E-state index contributed by atoms with van der Waals surface area (Å²) in [7, 11) is 0. The molecule has 72 valence electrons. The Morgan fingerprint density at radius 3 is 2.85 bits per heavy atom. The van der Waals surface area contributed by atoms with Crippen LogP contribution in [-0.2, 0) is 0 Å². The molecule has 0 aliphatic heterocycles. The smallest absolute Gasteiger partial charge is 0.126 e. The number of aryl methyl sites for hydroxylation is 1. The molecule has 0 saturated carbocycles. The van der Waals surface area contributed by atoms with Crippen molar-refractivity contribution in [2.75, 3.05) is 17.7 Å². The van der Waals surface area contributed by atoms with Crippen LogP contribution in [0.3, 0.4) is 0 Å². The van der Waals surface area contributed by atoms with E-state index in [1.54, 1.807) is 19.1 Å². The first-order chi connectivity index (χ1) is 6.24. The van der Waals surface area contributed by atoms with Crippen LogP contribution in [0.5, 0.6) is 0 Å². The van der Waals surface area contributed by atoms with E-state index in [1.165, 1.54) is 6.07 Å². The van der Waals surface area contributed by atoms with Crippen molar-refractivity contribution in [3.05, 3.63) is 29.6 Å². The van der Waals surface area contributed by atoms with Crippen LogP contribution >= 0.6 is 11.6 Å². The molecule has 0 amide bonds. The summed E-state index contributed by atoms with van der Waals surface area (Å²) in [5.74, 6) is 0.482. The fourth-order valence-corrected chi connectivity index (χ4v) is 1.19. The van der Waals surface area contributed by atoms with E-state index in [0.717, 1.165) is 18.7 Å². The normalized spacial score (nSPS) is 10.1. The molecular formula is C10H13ClFN. The monoisotopic (exact) mass is 201 g/mol. The number of hydrogen-bond acceptors (Lipinski definition) is 1. The van der Waals surface area contributed by atoms with Gasteiger partial charge in [0.1, 0.15) is 5.82 Å². The zero-order valence-electron chi connectivity index (χ0n) is 7.61. The lowest BCUT2D eigenvalue weighted by Crippen LogP contribution is -2.02. The summed E-state index contributed by atoms with van der Waals surface area (Å²) < 4.78 is 12.8. The van der Waals surface area contributed by atoms with Gasteiger partial charge in [0.15, 0.2) is 0 Å². The van der Waals surface area contributed by atoms with Gasteiger partial charge in [0.25, 0.3) is 0 Å². The van der Waals surface area contributed by atoms with Gasteiger partial charge < -0.3 is 5.32 Å². The van der Waals surface area contributed by atoms with Gasteiger partial charge in [-0.05, 0) is 37.1 Å². The third-order valence-electron chi connectivity index (χ3n) is 1.80. The second kappa shape index (κ2) is 5.07. The van der Waals surface area contributed by atoms with Crippen molar-refractivity contribution in [2.45, 2.75) is 13.3 Å². The van der Waals surface area contributed by atoms with E-state index < -0.39 is 0 Å².